The summed E-state index contributed by atoms with van der Waals surface area (Å²) in [5.41, 5.74) is -1.24. The summed E-state index contributed by atoms with van der Waals surface area (Å²) in [6.45, 7) is 7.26. The lowest BCUT2D eigenvalue weighted by Gasteiger charge is -2.44. The monoisotopic (exact) mass is 372 g/mol. The van der Waals surface area contributed by atoms with Crippen LogP contribution >= 0.6 is 0 Å². The molecule has 2 aliphatic carbocycles. The quantitative estimate of drug-likeness (QED) is 0.797. The Morgan fingerprint density at radius 3 is 2.44 bits per heavy atom. The lowest BCUT2D eigenvalue weighted by Crippen LogP contribution is -2.53. The first-order chi connectivity index (χ1) is 12.6. The molecule has 5 atom stereocenters. The molecule has 0 heterocycles. The van der Waals surface area contributed by atoms with Crippen LogP contribution in [0.5, 0.6) is 0 Å². The fourth-order valence-electron chi connectivity index (χ4n) is 4.77. The van der Waals surface area contributed by atoms with E-state index < -0.39 is 35.1 Å². The normalized spacial score (nSPS) is 36.2. The van der Waals surface area contributed by atoms with Crippen molar-refractivity contribution in [2.75, 3.05) is 0 Å². The number of carbonyl (C=O) groups excluding carboxylic acids is 2. The number of fused-ring (bicyclic) bond motifs is 1. The summed E-state index contributed by atoms with van der Waals surface area (Å²) < 4.78 is 5.81. The number of rotatable bonds is 3. The van der Waals surface area contributed by atoms with Gasteiger partial charge in [0.15, 0.2) is 5.78 Å². The highest BCUT2D eigenvalue weighted by Crippen LogP contribution is 2.57. The zero-order valence-corrected chi connectivity index (χ0v) is 16.3. The topological polar surface area (TPSA) is 83.8 Å². The van der Waals surface area contributed by atoms with Crippen molar-refractivity contribution in [3.05, 3.63) is 47.5 Å². The fraction of sp³-hybridized carbons (Fsp3) is 0.545. The van der Waals surface area contributed by atoms with E-state index >= 15 is 0 Å². The second-order valence-corrected chi connectivity index (χ2v) is 8.48. The van der Waals surface area contributed by atoms with Crippen LogP contribution < -0.4 is 0 Å². The second kappa shape index (κ2) is 6.88. The third kappa shape index (κ3) is 3.13. The molecule has 1 saturated carbocycles. The summed E-state index contributed by atoms with van der Waals surface area (Å²) >= 11 is 0. The van der Waals surface area contributed by atoms with Crippen molar-refractivity contribution in [1.29, 1.82) is 0 Å². The molecule has 146 valence electrons. The molecule has 0 spiro atoms. The predicted molar refractivity (Wildman–Crippen MR) is 101 cm³/mol. The van der Waals surface area contributed by atoms with Crippen molar-refractivity contribution in [2.45, 2.75) is 58.3 Å². The Morgan fingerprint density at radius 1 is 1.22 bits per heavy atom. The molecule has 5 nitrogen and oxygen atoms in total. The number of hydrogen-bond acceptors (Lipinski definition) is 5. The zero-order valence-electron chi connectivity index (χ0n) is 16.3. The van der Waals surface area contributed by atoms with Crippen LogP contribution in [0.25, 0.3) is 0 Å². The Kier molecular flexibility index (Phi) is 5.04. The first-order valence-corrected chi connectivity index (χ1v) is 9.50. The molecule has 27 heavy (non-hydrogen) atoms. The van der Waals surface area contributed by atoms with Gasteiger partial charge in [0.1, 0.15) is 12.2 Å². The van der Waals surface area contributed by atoms with Gasteiger partial charge in [0, 0.05) is 11.3 Å². The number of Topliss-reactive ketones (excluding diaryl/α,β-unsaturated/α-hetero) is 1. The van der Waals surface area contributed by atoms with Crippen LogP contribution in [-0.2, 0) is 9.53 Å². The maximum Gasteiger partial charge on any atom is 0.338 e. The zero-order chi connectivity index (χ0) is 20.0. The molecule has 5 unspecified atom stereocenters. The van der Waals surface area contributed by atoms with Crippen molar-refractivity contribution >= 4 is 11.8 Å². The summed E-state index contributed by atoms with van der Waals surface area (Å²) in [6, 6.07) is 8.65. The van der Waals surface area contributed by atoms with Gasteiger partial charge in [-0.3, -0.25) is 4.79 Å². The highest BCUT2D eigenvalue weighted by atomic mass is 16.5. The molecule has 0 bridgehead atoms. The molecule has 3 rings (SSSR count). The van der Waals surface area contributed by atoms with Crippen LogP contribution in [0.15, 0.2) is 42.0 Å². The van der Waals surface area contributed by atoms with E-state index in [9.17, 15) is 19.8 Å². The minimum atomic E-state index is -1.23. The van der Waals surface area contributed by atoms with E-state index in [-0.39, 0.29) is 11.7 Å². The van der Waals surface area contributed by atoms with Gasteiger partial charge in [0.2, 0.25) is 0 Å². The van der Waals surface area contributed by atoms with Gasteiger partial charge in [-0.2, -0.15) is 0 Å². The highest BCUT2D eigenvalue weighted by Gasteiger charge is 2.63. The van der Waals surface area contributed by atoms with Crippen LogP contribution in [0, 0.1) is 17.3 Å². The van der Waals surface area contributed by atoms with Crippen molar-refractivity contribution in [3.63, 3.8) is 0 Å². The Balaban J connectivity index is 2.05. The standard InChI is InChI=1S/C22H28O5/c1-13(2)22(26)11-10-21(4)18(22)16(12-14(3)17(23)19(21)24)27-20(25)15-8-6-5-7-9-15/h5-9,12-13,16,18-19,24,26H,10-11H2,1-4H3. The number of aliphatic hydroxyl groups is 2. The van der Waals surface area contributed by atoms with Crippen molar-refractivity contribution in [2.24, 2.45) is 17.3 Å². The average Bonchev–Trinajstić information content (AvgIpc) is 2.90. The van der Waals surface area contributed by atoms with Crippen molar-refractivity contribution in [3.8, 4) is 0 Å². The highest BCUT2D eigenvalue weighted by molar-refractivity contribution is 5.99. The maximum absolute atomic E-state index is 12.7. The Bertz CT molecular complexity index is 768. The molecule has 0 aromatic heterocycles. The van der Waals surface area contributed by atoms with Crippen molar-refractivity contribution in [1.82, 2.24) is 0 Å². The van der Waals surface area contributed by atoms with E-state index in [0.717, 1.165) is 0 Å². The van der Waals surface area contributed by atoms with Crippen molar-refractivity contribution < 1.29 is 24.5 Å². The SMILES string of the molecule is CC1=CC(OC(=O)c2ccccc2)C2C(C)(CCC2(O)C(C)C)C(O)C1=O. The van der Waals surface area contributed by atoms with Gasteiger partial charge in [0.05, 0.1) is 11.2 Å². The summed E-state index contributed by atoms with van der Waals surface area (Å²) in [6.07, 6.45) is 0.508. The molecule has 1 aromatic carbocycles. The molecule has 0 saturated heterocycles. The smallest absolute Gasteiger partial charge is 0.338 e. The third-order valence-corrected chi connectivity index (χ3v) is 6.57. The minimum Gasteiger partial charge on any atom is -0.454 e. The van der Waals surface area contributed by atoms with Crippen LogP contribution in [0.1, 0.15) is 50.9 Å². The molecule has 2 N–H and O–H groups in total. The van der Waals surface area contributed by atoms with Gasteiger partial charge in [0.25, 0.3) is 0 Å². The number of aliphatic hydroxyl groups excluding tert-OH is 1. The lowest BCUT2D eigenvalue weighted by atomic mass is 9.66. The average molecular weight is 372 g/mol. The molecule has 5 heteroatoms. The number of carbonyl (C=O) groups is 2. The number of hydrogen-bond donors (Lipinski definition) is 2. The van der Waals surface area contributed by atoms with E-state index in [1.807, 2.05) is 26.8 Å². The number of esters is 1. The van der Waals surface area contributed by atoms with Gasteiger partial charge in [-0.15, -0.1) is 0 Å². The van der Waals surface area contributed by atoms with Crippen LogP contribution in [0.3, 0.4) is 0 Å². The molecule has 1 fully saturated rings. The molecule has 0 amide bonds. The Hall–Kier alpha value is -1.98. The third-order valence-electron chi connectivity index (χ3n) is 6.57. The van der Waals surface area contributed by atoms with E-state index in [1.54, 1.807) is 37.3 Å². The minimum absolute atomic E-state index is 0.114. The Labute approximate surface area is 160 Å². The largest absolute Gasteiger partial charge is 0.454 e. The number of ketones is 1. The van der Waals surface area contributed by atoms with Gasteiger partial charge >= 0.3 is 5.97 Å². The van der Waals surface area contributed by atoms with Crippen LogP contribution in [-0.4, -0.2) is 39.8 Å². The first-order valence-electron chi connectivity index (χ1n) is 9.50. The lowest BCUT2D eigenvalue weighted by molar-refractivity contribution is -0.142. The van der Waals surface area contributed by atoms with E-state index in [2.05, 4.69) is 0 Å². The predicted octanol–water partition coefficient (Wildman–Crippen LogP) is 2.91. The van der Waals surface area contributed by atoms with Gasteiger partial charge < -0.3 is 14.9 Å². The molecule has 1 aromatic rings. The summed E-state index contributed by atoms with van der Waals surface area (Å²) in [5.74, 6) is -1.56. The Morgan fingerprint density at radius 2 is 1.85 bits per heavy atom. The van der Waals surface area contributed by atoms with Gasteiger partial charge in [-0.25, -0.2) is 4.79 Å². The first kappa shape index (κ1) is 19.8. The molecule has 0 radical (unpaired) electrons. The summed E-state index contributed by atoms with van der Waals surface area (Å²) in [7, 11) is 0. The molecular formula is C22H28O5. The van der Waals surface area contributed by atoms with Crippen LogP contribution in [0.2, 0.25) is 0 Å². The number of benzene rings is 1. The number of ether oxygens (including phenoxy) is 1. The fourth-order valence-corrected chi connectivity index (χ4v) is 4.77. The van der Waals surface area contributed by atoms with Gasteiger partial charge in [-0.1, -0.05) is 39.0 Å². The second-order valence-electron chi connectivity index (χ2n) is 8.48. The molecule has 0 aliphatic heterocycles. The molecular weight excluding hydrogens is 344 g/mol. The summed E-state index contributed by atoms with van der Waals surface area (Å²) in [5, 5.41) is 22.3. The van der Waals surface area contributed by atoms with E-state index in [4.69, 9.17) is 4.74 Å². The van der Waals surface area contributed by atoms with Gasteiger partial charge in [-0.05, 0) is 49.5 Å². The molecule has 2 aliphatic rings. The van der Waals surface area contributed by atoms with E-state index in [0.29, 0.717) is 24.0 Å². The maximum atomic E-state index is 12.7. The van der Waals surface area contributed by atoms with E-state index in [1.165, 1.54) is 0 Å². The summed E-state index contributed by atoms with van der Waals surface area (Å²) in [4.78, 5) is 25.3. The van der Waals surface area contributed by atoms with Crippen LogP contribution in [0.4, 0.5) is 0 Å².